The van der Waals surface area contributed by atoms with Gasteiger partial charge in [0.2, 0.25) is 0 Å². The Morgan fingerprint density at radius 3 is 3.00 bits per heavy atom. The summed E-state index contributed by atoms with van der Waals surface area (Å²) in [5, 5.41) is 20.0. The molecule has 0 fully saturated rings. The fourth-order valence-corrected chi connectivity index (χ4v) is 2.10. The van der Waals surface area contributed by atoms with Crippen LogP contribution in [-0.4, -0.2) is 32.5 Å². The Balaban J connectivity index is 1.70. The van der Waals surface area contributed by atoms with Gasteiger partial charge in [-0.1, -0.05) is 0 Å². The predicted octanol–water partition coefficient (Wildman–Crippen LogP) is 1.13. The molecule has 0 saturated carbocycles. The number of hydrogen-bond donors (Lipinski definition) is 2. The standard InChI is InChI=1S/C15H14N2O5/c18-10(7-17-4-3-16-9-17)8-21-11-1-2-12-13(19)6-15(20)22-14(12)5-11/h1-6,9-10,18-19H,7-8H2/t10-/m0/s1. The first-order valence-electron chi connectivity index (χ1n) is 6.65. The van der Waals surface area contributed by atoms with Gasteiger partial charge in [0, 0.05) is 18.5 Å². The first-order valence-corrected chi connectivity index (χ1v) is 6.65. The number of aromatic hydroxyl groups is 1. The number of hydrogen-bond acceptors (Lipinski definition) is 6. The van der Waals surface area contributed by atoms with Gasteiger partial charge in [-0.2, -0.15) is 0 Å². The minimum absolute atomic E-state index is 0.0761. The molecule has 0 saturated heterocycles. The van der Waals surface area contributed by atoms with Gasteiger partial charge in [-0.25, -0.2) is 9.78 Å². The second kappa shape index (κ2) is 5.90. The van der Waals surface area contributed by atoms with E-state index < -0.39 is 11.7 Å². The highest BCUT2D eigenvalue weighted by Crippen LogP contribution is 2.26. The zero-order valence-corrected chi connectivity index (χ0v) is 11.5. The Bertz CT molecular complexity index is 826. The molecule has 114 valence electrons. The van der Waals surface area contributed by atoms with E-state index in [-0.39, 0.29) is 17.9 Å². The smallest absolute Gasteiger partial charge is 0.339 e. The lowest BCUT2D eigenvalue weighted by atomic mass is 10.2. The molecule has 0 radical (unpaired) electrons. The Labute approximate surface area is 125 Å². The minimum atomic E-state index is -0.707. The summed E-state index contributed by atoms with van der Waals surface area (Å²) in [4.78, 5) is 15.1. The maximum Gasteiger partial charge on any atom is 0.339 e. The van der Waals surface area contributed by atoms with Gasteiger partial charge in [0.25, 0.3) is 0 Å². The highest BCUT2D eigenvalue weighted by molar-refractivity contribution is 5.83. The first-order chi connectivity index (χ1) is 10.6. The highest BCUT2D eigenvalue weighted by Gasteiger charge is 2.09. The third kappa shape index (κ3) is 3.09. The maximum atomic E-state index is 11.2. The van der Waals surface area contributed by atoms with Crippen LogP contribution in [-0.2, 0) is 6.54 Å². The molecule has 0 unspecified atom stereocenters. The average molecular weight is 302 g/mol. The molecule has 0 aliphatic carbocycles. The molecule has 2 heterocycles. The molecule has 7 heteroatoms. The van der Waals surface area contributed by atoms with Gasteiger partial charge in [-0.3, -0.25) is 0 Å². The van der Waals surface area contributed by atoms with Crippen LogP contribution in [0.4, 0.5) is 0 Å². The number of aliphatic hydroxyl groups is 1. The quantitative estimate of drug-likeness (QED) is 0.686. The van der Waals surface area contributed by atoms with Crippen LogP contribution in [0.2, 0.25) is 0 Å². The van der Waals surface area contributed by atoms with Crippen LogP contribution < -0.4 is 10.4 Å². The van der Waals surface area contributed by atoms with Crippen molar-refractivity contribution < 1.29 is 19.4 Å². The molecule has 0 aliphatic rings. The second-order valence-electron chi connectivity index (χ2n) is 4.83. The molecule has 0 bridgehead atoms. The summed E-state index contributed by atoms with van der Waals surface area (Å²) in [5.41, 5.74) is -0.408. The van der Waals surface area contributed by atoms with Crippen LogP contribution in [0, 0.1) is 0 Å². The van der Waals surface area contributed by atoms with Crippen molar-refractivity contribution in [1.82, 2.24) is 9.55 Å². The molecule has 0 amide bonds. The van der Waals surface area contributed by atoms with E-state index in [1.165, 1.54) is 6.07 Å². The van der Waals surface area contributed by atoms with Crippen molar-refractivity contribution in [2.75, 3.05) is 6.61 Å². The molecule has 2 N–H and O–H groups in total. The summed E-state index contributed by atoms with van der Waals surface area (Å²) < 4.78 is 12.2. The molecule has 22 heavy (non-hydrogen) atoms. The number of aromatic nitrogens is 2. The third-order valence-corrected chi connectivity index (χ3v) is 3.12. The van der Waals surface area contributed by atoms with E-state index in [0.717, 1.165) is 6.07 Å². The van der Waals surface area contributed by atoms with E-state index in [9.17, 15) is 15.0 Å². The summed E-state index contributed by atoms with van der Waals surface area (Å²) in [6, 6.07) is 5.73. The third-order valence-electron chi connectivity index (χ3n) is 3.12. The lowest BCUT2D eigenvalue weighted by Gasteiger charge is -2.13. The van der Waals surface area contributed by atoms with Crippen molar-refractivity contribution in [3.63, 3.8) is 0 Å². The van der Waals surface area contributed by atoms with Crippen molar-refractivity contribution >= 4 is 11.0 Å². The summed E-state index contributed by atoms with van der Waals surface area (Å²) in [6.45, 7) is 0.441. The van der Waals surface area contributed by atoms with Crippen molar-refractivity contribution in [2.45, 2.75) is 12.6 Å². The molecule has 3 aromatic rings. The number of nitrogens with zero attached hydrogens (tertiary/aromatic N) is 2. The van der Waals surface area contributed by atoms with Crippen molar-refractivity contribution in [3.8, 4) is 11.5 Å². The molecule has 1 atom stereocenters. The van der Waals surface area contributed by atoms with E-state index in [4.69, 9.17) is 9.15 Å². The molecular weight excluding hydrogens is 288 g/mol. The zero-order chi connectivity index (χ0) is 15.5. The van der Waals surface area contributed by atoms with Gasteiger partial charge in [-0.15, -0.1) is 0 Å². The number of imidazole rings is 1. The van der Waals surface area contributed by atoms with Gasteiger partial charge in [0.15, 0.2) is 0 Å². The summed E-state index contributed by atoms with van der Waals surface area (Å²) in [7, 11) is 0. The van der Waals surface area contributed by atoms with E-state index in [2.05, 4.69) is 4.98 Å². The largest absolute Gasteiger partial charge is 0.507 e. The number of aliphatic hydroxyl groups excluding tert-OH is 1. The van der Waals surface area contributed by atoms with E-state index in [1.54, 1.807) is 35.4 Å². The maximum absolute atomic E-state index is 11.2. The molecule has 1 aromatic carbocycles. The molecule has 0 aliphatic heterocycles. The first kappa shape index (κ1) is 14.2. The Morgan fingerprint density at radius 2 is 2.23 bits per heavy atom. The highest BCUT2D eigenvalue weighted by atomic mass is 16.5. The SMILES string of the molecule is O=c1cc(O)c2ccc(OC[C@@H](O)Cn3ccnc3)cc2o1. The minimum Gasteiger partial charge on any atom is -0.507 e. The van der Waals surface area contributed by atoms with Gasteiger partial charge in [0.05, 0.1) is 24.3 Å². The van der Waals surface area contributed by atoms with Crippen LogP contribution in [0.15, 0.2) is 52.2 Å². The lowest BCUT2D eigenvalue weighted by molar-refractivity contribution is 0.0925. The molecular formula is C15H14N2O5. The lowest BCUT2D eigenvalue weighted by Crippen LogP contribution is -2.22. The van der Waals surface area contributed by atoms with Gasteiger partial charge < -0.3 is 23.9 Å². The summed E-state index contributed by atoms with van der Waals surface area (Å²) >= 11 is 0. The molecule has 7 nitrogen and oxygen atoms in total. The van der Waals surface area contributed by atoms with Crippen molar-refractivity contribution in [3.05, 3.63) is 53.4 Å². The van der Waals surface area contributed by atoms with Gasteiger partial charge in [-0.05, 0) is 12.1 Å². The molecule has 0 spiro atoms. The van der Waals surface area contributed by atoms with Crippen LogP contribution in [0.3, 0.4) is 0 Å². The Kier molecular flexibility index (Phi) is 3.80. The van der Waals surface area contributed by atoms with E-state index in [1.807, 2.05) is 0 Å². The predicted molar refractivity (Wildman–Crippen MR) is 77.9 cm³/mol. The second-order valence-corrected chi connectivity index (χ2v) is 4.83. The monoisotopic (exact) mass is 302 g/mol. The number of ether oxygens (including phenoxy) is 1. The van der Waals surface area contributed by atoms with Gasteiger partial charge >= 0.3 is 5.63 Å². The fourth-order valence-electron chi connectivity index (χ4n) is 2.10. The molecule has 3 rings (SSSR count). The normalized spacial score (nSPS) is 12.4. The van der Waals surface area contributed by atoms with Crippen LogP contribution in [0.25, 0.3) is 11.0 Å². The van der Waals surface area contributed by atoms with Gasteiger partial charge in [0.1, 0.15) is 29.8 Å². The fraction of sp³-hybridized carbons (Fsp3) is 0.200. The number of benzene rings is 1. The van der Waals surface area contributed by atoms with E-state index >= 15 is 0 Å². The topological polar surface area (TPSA) is 97.7 Å². The number of fused-ring (bicyclic) bond motifs is 1. The Morgan fingerprint density at radius 1 is 1.36 bits per heavy atom. The summed E-state index contributed by atoms with van der Waals surface area (Å²) in [6.07, 6.45) is 4.28. The van der Waals surface area contributed by atoms with Crippen molar-refractivity contribution in [2.24, 2.45) is 0 Å². The zero-order valence-electron chi connectivity index (χ0n) is 11.5. The molecule has 2 aromatic heterocycles. The van der Waals surface area contributed by atoms with Crippen molar-refractivity contribution in [1.29, 1.82) is 0 Å². The van der Waals surface area contributed by atoms with Crippen LogP contribution >= 0.6 is 0 Å². The van der Waals surface area contributed by atoms with Crippen LogP contribution in [0.1, 0.15) is 0 Å². The Hall–Kier alpha value is -2.80. The number of rotatable bonds is 5. The van der Waals surface area contributed by atoms with E-state index in [0.29, 0.717) is 17.7 Å². The van der Waals surface area contributed by atoms with Crippen LogP contribution in [0.5, 0.6) is 11.5 Å². The average Bonchev–Trinajstić information content (AvgIpc) is 2.97. The summed E-state index contributed by atoms with van der Waals surface area (Å²) in [5.74, 6) is 0.295.